The number of nitrogens with one attached hydrogen (secondary N) is 1. The van der Waals surface area contributed by atoms with E-state index >= 15 is 0 Å². The Hall–Kier alpha value is -4.38. The predicted molar refractivity (Wildman–Crippen MR) is 129 cm³/mol. The summed E-state index contributed by atoms with van der Waals surface area (Å²) in [6.07, 6.45) is -6.54. The standard InChI is InChI=1S/C24H23F3N6O5/c1-4-5-11-33-18-19(29-22(33)32-12-10-28-13-17(32)38-21(36)24(25,26)27)30-23(31(3)20(18)35)37-16-9-7-6-8-15(16)14(2)34/h6-9,17,28H,10-13H2,1-3H3. The molecule has 1 N–H and O–H groups in total. The van der Waals surface area contributed by atoms with Gasteiger partial charge >= 0.3 is 18.2 Å². The minimum atomic E-state index is -5.18. The number of halogens is 3. The van der Waals surface area contributed by atoms with Crippen molar-refractivity contribution in [3.8, 4) is 23.6 Å². The summed E-state index contributed by atoms with van der Waals surface area (Å²) in [7, 11) is 1.42. The van der Waals surface area contributed by atoms with Gasteiger partial charge in [-0.2, -0.15) is 23.1 Å². The first kappa shape index (κ1) is 26.7. The van der Waals surface area contributed by atoms with Gasteiger partial charge in [-0.1, -0.05) is 18.1 Å². The van der Waals surface area contributed by atoms with Gasteiger partial charge in [0.05, 0.1) is 18.7 Å². The van der Waals surface area contributed by atoms with Crippen molar-refractivity contribution >= 4 is 28.9 Å². The van der Waals surface area contributed by atoms with Gasteiger partial charge in [0.15, 0.2) is 23.2 Å². The number of carbonyl (C=O) groups is 2. The summed E-state index contributed by atoms with van der Waals surface area (Å²) >= 11 is 0. The van der Waals surface area contributed by atoms with Crippen LogP contribution in [0, 0.1) is 11.8 Å². The van der Waals surface area contributed by atoms with Gasteiger partial charge < -0.3 is 19.7 Å². The van der Waals surface area contributed by atoms with E-state index < -0.39 is 23.9 Å². The van der Waals surface area contributed by atoms with Crippen LogP contribution < -0.4 is 20.5 Å². The van der Waals surface area contributed by atoms with Crippen LogP contribution in [-0.4, -0.2) is 62.9 Å². The van der Waals surface area contributed by atoms with Gasteiger partial charge in [-0.05, 0) is 26.0 Å². The number of esters is 1. The lowest BCUT2D eigenvalue weighted by molar-refractivity contribution is -0.205. The molecule has 38 heavy (non-hydrogen) atoms. The molecule has 3 aromatic rings. The van der Waals surface area contributed by atoms with Crippen LogP contribution in [0.3, 0.4) is 0 Å². The zero-order chi connectivity index (χ0) is 27.6. The first-order valence-electron chi connectivity index (χ1n) is 11.4. The number of nitrogens with zero attached hydrogens (tertiary/aromatic N) is 5. The molecule has 0 spiro atoms. The van der Waals surface area contributed by atoms with E-state index in [1.54, 1.807) is 31.2 Å². The van der Waals surface area contributed by atoms with Crippen molar-refractivity contribution in [3.05, 3.63) is 40.2 Å². The minimum Gasteiger partial charge on any atom is -0.433 e. The fraction of sp³-hybridized carbons (Fsp3) is 0.375. The highest BCUT2D eigenvalue weighted by Gasteiger charge is 2.44. The number of hydrogen-bond donors (Lipinski definition) is 1. The molecular weight excluding hydrogens is 509 g/mol. The number of piperazine rings is 1. The second-order valence-corrected chi connectivity index (χ2v) is 8.27. The molecule has 1 aliphatic heterocycles. The molecule has 1 aliphatic rings. The molecule has 1 saturated heterocycles. The monoisotopic (exact) mass is 532 g/mol. The average Bonchev–Trinajstić information content (AvgIpc) is 3.23. The Labute approximate surface area is 214 Å². The number of ether oxygens (including phenoxy) is 2. The maximum atomic E-state index is 13.4. The SMILES string of the molecule is CC#CCn1c(N2CCNCC2OC(=O)C(F)(F)F)nc2nc(Oc3ccccc3C(C)=O)n(C)c(=O)c21. The number of hydrogen-bond acceptors (Lipinski definition) is 9. The van der Waals surface area contributed by atoms with Crippen LogP contribution in [-0.2, 0) is 23.1 Å². The molecule has 0 radical (unpaired) electrons. The Kier molecular flexibility index (Phi) is 7.40. The van der Waals surface area contributed by atoms with Crippen molar-refractivity contribution in [1.29, 1.82) is 0 Å². The van der Waals surface area contributed by atoms with Gasteiger partial charge in [0.2, 0.25) is 5.95 Å². The highest BCUT2D eigenvalue weighted by atomic mass is 19.4. The van der Waals surface area contributed by atoms with E-state index in [-0.39, 0.29) is 59.9 Å². The molecule has 0 saturated carbocycles. The molecule has 1 aromatic carbocycles. The molecule has 1 unspecified atom stereocenters. The molecular formula is C24H23F3N6O5. The molecule has 3 heterocycles. The van der Waals surface area contributed by atoms with Crippen LogP contribution >= 0.6 is 0 Å². The second kappa shape index (κ2) is 10.5. The van der Waals surface area contributed by atoms with E-state index in [1.807, 2.05) is 0 Å². The lowest BCUT2D eigenvalue weighted by Crippen LogP contribution is -2.55. The van der Waals surface area contributed by atoms with Gasteiger partial charge in [-0.3, -0.25) is 18.7 Å². The van der Waals surface area contributed by atoms with E-state index in [9.17, 15) is 27.6 Å². The smallest absolute Gasteiger partial charge is 0.433 e. The van der Waals surface area contributed by atoms with Crippen molar-refractivity contribution < 1.29 is 32.2 Å². The highest BCUT2D eigenvalue weighted by Crippen LogP contribution is 2.28. The molecule has 4 rings (SSSR count). The summed E-state index contributed by atoms with van der Waals surface area (Å²) in [5.74, 6) is 3.16. The van der Waals surface area contributed by atoms with E-state index in [0.717, 1.165) is 4.57 Å². The molecule has 0 bridgehead atoms. The van der Waals surface area contributed by atoms with Crippen molar-refractivity contribution in [3.63, 3.8) is 0 Å². The van der Waals surface area contributed by atoms with Gasteiger partial charge in [0.25, 0.3) is 5.56 Å². The molecule has 2 aromatic heterocycles. The first-order valence-corrected chi connectivity index (χ1v) is 11.4. The number of alkyl halides is 3. The summed E-state index contributed by atoms with van der Waals surface area (Å²) in [5, 5.41) is 2.88. The third-order valence-corrected chi connectivity index (χ3v) is 5.73. The highest BCUT2D eigenvalue weighted by molar-refractivity contribution is 5.96. The topological polar surface area (TPSA) is 121 Å². The van der Waals surface area contributed by atoms with Crippen LogP contribution in [0.15, 0.2) is 29.1 Å². The van der Waals surface area contributed by atoms with Crippen molar-refractivity contribution in [1.82, 2.24) is 24.4 Å². The quantitative estimate of drug-likeness (QED) is 0.289. The minimum absolute atomic E-state index is 0.0249. The normalized spacial score (nSPS) is 15.6. The number of para-hydroxylation sites is 1. The Morgan fingerprint density at radius 1 is 1.24 bits per heavy atom. The number of benzene rings is 1. The van der Waals surface area contributed by atoms with E-state index in [2.05, 4.69) is 27.1 Å². The summed E-state index contributed by atoms with van der Waals surface area (Å²) in [6, 6.07) is 6.28. The Balaban J connectivity index is 1.83. The molecule has 1 fully saturated rings. The fourth-order valence-corrected chi connectivity index (χ4v) is 3.90. The van der Waals surface area contributed by atoms with Gasteiger partial charge in [-0.15, -0.1) is 5.92 Å². The van der Waals surface area contributed by atoms with Crippen molar-refractivity contribution in [2.24, 2.45) is 7.05 Å². The second-order valence-electron chi connectivity index (χ2n) is 8.27. The van der Waals surface area contributed by atoms with Crippen molar-refractivity contribution in [2.75, 3.05) is 24.5 Å². The zero-order valence-corrected chi connectivity index (χ0v) is 20.6. The molecule has 200 valence electrons. The number of imidazole rings is 1. The van der Waals surface area contributed by atoms with Gasteiger partial charge in [0.1, 0.15) is 5.75 Å². The predicted octanol–water partition coefficient (Wildman–Crippen LogP) is 1.99. The van der Waals surface area contributed by atoms with Gasteiger partial charge in [-0.25, -0.2) is 4.79 Å². The van der Waals surface area contributed by atoms with Crippen LogP contribution in [0.4, 0.5) is 19.1 Å². The largest absolute Gasteiger partial charge is 0.491 e. The molecule has 14 heteroatoms. The van der Waals surface area contributed by atoms with E-state index in [1.165, 1.54) is 23.4 Å². The summed E-state index contributed by atoms with van der Waals surface area (Å²) < 4.78 is 51.8. The third kappa shape index (κ3) is 5.18. The van der Waals surface area contributed by atoms with E-state index in [4.69, 9.17) is 9.47 Å². The lowest BCUT2D eigenvalue weighted by Gasteiger charge is -2.36. The molecule has 11 nitrogen and oxygen atoms in total. The molecule has 1 atom stereocenters. The summed E-state index contributed by atoms with van der Waals surface area (Å²) in [6.45, 7) is 3.30. The Morgan fingerprint density at radius 2 is 1.97 bits per heavy atom. The van der Waals surface area contributed by atoms with E-state index in [0.29, 0.717) is 6.54 Å². The van der Waals surface area contributed by atoms with Crippen LogP contribution in [0.25, 0.3) is 11.2 Å². The first-order chi connectivity index (χ1) is 18.0. The molecule has 0 aliphatic carbocycles. The maximum Gasteiger partial charge on any atom is 0.491 e. The number of fused-ring (bicyclic) bond motifs is 1. The number of rotatable bonds is 6. The number of carbonyl (C=O) groups excluding carboxylic acids is 2. The average molecular weight is 532 g/mol. The number of anilines is 1. The lowest BCUT2D eigenvalue weighted by atomic mass is 10.1. The van der Waals surface area contributed by atoms with Crippen LogP contribution in [0.2, 0.25) is 0 Å². The Morgan fingerprint density at radius 3 is 2.66 bits per heavy atom. The van der Waals surface area contributed by atoms with Crippen molar-refractivity contribution in [2.45, 2.75) is 32.8 Å². The summed E-state index contributed by atoms with van der Waals surface area (Å²) in [5.41, 5.74) is -0.324. The number of ketones is 1. The summed E-state index contributed by atoms with van der Waals surface area (Å²) in [4.78, 5) is 47.1. The van der Waals surface area contributed by atoms with Crippen LogP contribution in [0.5, 0.6) is 11.8 Å². The third-order valence-electron chi connectivity index (χ3n) is 5.73. The van der Waals surface area contributed by atoms with Gasteiger partial charge in [0, 0.05) is 20.1 Å². The fourth-order valence-electron chi connectivity index (χ4n) is 3.90. The molecule has 0 amide bonds. The zero-order valence-electron chi connectivity index (χ0n) is 20.6. The number of aromatic nitrogens is 4. The Bertz CT molecular complexity index is 1520. The number of Topliss-reactive ketones (excluding diaryl/α,β-unsaturated/α-hetero) is 1. The van der Waals surface area contributed by atoms with Crippen LogP contribution in [0.1, 0.15) is 24.2 Å². The maximum absolute atomic E-state index is 13.4.